The van der Waals surface area contributed by atoms with Crippen LogP contribution in [0.3, 0.4) is 0 Å². The van der Waals surface area contributed by atoms with Gasteiger partial charge in [0.25, 0.3) is 0 Å². The number of hydrogen-bond acceptors (Lipinski definition) is 2. The van der Waals surface area contributed by atoms with Crippen molar-refractivity contribution < 1.29 is 0 Å². The number of rotatable bonds is 8. The van der Waals surface area contributed by atoms with E-state index in [0.717, 1.165) is 17.8 Å². The van der Waals surface area contributed by atoms with Crippen LogP contribution in [-0.2, 0) is 0 Å². The van der Waals surface area contributed by atoms with Crippen LogP contribution in [0.2, 0.25) is 0 Å². The molecule has 1 saturated carbocycles. The lowest BCUT2D eigenvalue weighted by Gasteiger charge is -2.36. The van der Waals surface area contributed by atoms with Gasteiger partial charge in [0.2, 0.25) is 0 Å². The SMILES string of the molecule is CCCC1CCC(CNC)C(CCCSC)C1. The Morgan fingerprint density at radius 2 is 2.00 bits per heavy atom. The summed E-state index contributed by atoms with van der Waals surface area (Å²) < 4.78 is 0. The highest BCUT2D eigenvalue weighted by Gasteiger charge is 2.28. The van der Waals surface area contributed by atoms with Gasteiger partial charge >= 0.3 is 0 Å². The summed E-state index contributed by atoms with van der Waals surface area (Å²) >= 11 is 2.00. The second-order valence-corrected chi connectivity index (χ2v) is 6.67. The molecule has 2 heteroatoms. The van der Waals surface area contributed by atoms with Gasteiger partial charge in [-0.05, 0) is 69.0 Å². The maximum atomic E-state index is 3.40. The molecule has 1 aliphatic carbocycles. The normalized spacial score (nSPS) is 29.5. The van der Waals surface area contributed by atoms with Crippen LogP contribution in [0, 0.1) is 17.8 Å². The largest absolute Gasteiger partial charge is 0.319 e. The summed E-state index contributed by atoms with van der Waals surface area (Å²) in [4.78, 5) is 0. The highest BCUT2D eigenvalue weighted by molar-refractivity contribution is 7.98. The van der Waals surface area contributed by atoms with Gasteiger partial charge in [-0.3, -0.25) is 0 Å². The first kappa shape index (κ1) is 15.4. The molecule has 1 aliphatic rings. The van der Waals surface area contributed by atoms with Crippen LogP contribution in [0.4, 0.5) is 0 Å². The summed E-state index contributed by atoms with van der Waals surface area (Å²) in [6, 6.07) is 0. The molecular weight excluding hydrogens is 226 g/mol. The van der Waals surface area contributed by atoms with Gasteiger partial charge in [-0.2, -0.15) is 11.8 Å². The third-order valence-corrected chi connectivity index (χ3v) is 5.03. The van der Waals surface area contributed by atoms with Gasteiger partial charge in [0, 0.05) is 0 Å². The van der Waals surface area contributed by atoms with E-state index < -0.39 is 0 Å². The van der Waals surface area contributed by atoms with Crippen LogP contribution < -0.4 is 5.32 Å². The number of hydrogen-bond donors (Lipinski definition) is 1. The molecule has 0 amide bonds. The molecule has 3 unspecified atom stereocenters. The van der Waals surface area contributed by atoms with Crippen molar-refractivity contribution in [2.75, 3.05) is 25.6 Å². The van der Waals surface area contributed by atoms with Crippen LogP contribution in [0.5, 0.6) is 0 Å². The number of nitrogens with one attached hydrogen (secondary N) is 1. The van der Waals surface area contributed by atoms with E-state index in [-0.39, 0.29) is 0 Å². The predicted molar refractivity (Wildman–Crippen MR) is 80.8 cm³/mol. The third kappa shape index (κ3) is 5.65. The molecule has 0 bridgehead atoms. The summed E-state index contributed by atoms with van der Waals surface area (Å²) in [5.74, 6) is 4.34. The van der Waals surface area contributed by atoms with Crippen LogP contribution in [0.15, 0.2) is 0 Å². The van der Waals surface area contributed by atoms with Crippen LogP contribution in [0.1, 0.15) is 51.9 Å². The lowest BCUT2D eigenvalue weighted by Crippen LogP contribution is -2.32. The van der Waals surface area contributed by atoms with Crippen LogP contribution in [-0.4, -0.2) is 25.6 Å². The fourth-order valence-corrected chi connectivity index (χ4v) is 3.92. The fraction of sp³-hybridized carbons (Fsp3) is 1.00. The fourth-order valence-electron chi connectivity index (χ4n) is 3.47. The molecule has 0 spiro atoms. The Morgan fingerprint density at radius 3 is 2.65 bits per heavy atom. The van der Waals surface area contributed by atoms with Gasteiger partial charge in [0.15, 0.2) is 0 Å². The molecule has 1 fully saturated rings. The lowest BCUT2D eigenvalue weighted by molar-refractivity contribution is 0.161. The zero-order valence-corrected chi connectivity index (χ0v) is 12.8. The molecule has 0 heterocycles. The molecular formula is C15H31NS. The molecule has 0 aromatic carbocycles. The molecule has 1 rings (SSSR count). The maximum Gasteiger partial charge on any atom is -0.00209 e. The summed E-state index contributed by atoms with van der Waals surface area (Å²) in [7, 11) is 2.11. The standard InChI is InChI=1S/C15H31NS/c1-4-6-13-8-9-15(12-16-2)14(11-13)7-5-10-17-3/h13-16H,4-12H2,1-3H3. The van der Waals surface area contributed by atoms with Crippen molar-refractivity contribution in [2.45, 2.75) is 51.9 Å². The molecule has 0 saturated heterocycles. The highest BCUT2D eigenvalue weighted by atomic mass is 32.2. The van der Waals surface area contributed by atoms with Gasteiger partial charge in [-0.1, -0.05) is 26.2 Å². The molecule has 0 radical (unpaired) electrons. The first-order valence-corrected chi connectivity index (χ1v) is 8.84. The Hall–Kier alpha value is 0.310. The zero-order valence-electron chi connectivity index (χ0n) is 12.0. The van der Waals surface area contributed by atoms with E-state index in [2.05, 4.69) is 25.5 Å². The highest BCUT2D eigenvalue weighted by Crippen LogP contribution is 2.38. The topological polar surface area (TPSA) is 12.0 Å². The van der Waals surface area contributed by atoms with E-state index >= 15 is 0 Å². The van der Waals surface area contributed by atoms with E-state index in [9.17, 15) is 0 Å². The average Bonchev–Trinajstić information content (AvgIpc) is 2.33. The molecule has 0 aromatic rings. The van der Waals surface area contributed by atoms with Gasteiger partial charge in [-0.25, -0.2) is 0 Å². The summed E-state index contributed by atoms with van der Waals surface area (Å²) in [5.41, 5.74) is 0. The second-order valence-electron chi connectivity index (χ2n) is 5.68. The minimum Gasteiger partial charge on any atom is -0.319 e. The third-order valence-electron chi connectivity index (χ3n) is 4.34. The Morgan fingerprint density at radius 1 is 1.18 bits per heavy atom. The Balaban J connectivity index is 2.38. The summed E-state index contributed by atoms with van der Waals surface area (Å²) in [6.07, 6.45) is 12.4. The van der Waals surface area contributed by atoms with Gasteiger partial charge < -0.3 is 5.32 Å². The van der Waals surface area contributed by atoms with Crippen molar-refractivity contribution in [3.8, 4) is 0 Å². The Labute approximate surface area is 113 Å². The van der Waals surface area contributed by atoms with Crippen molar-refractivity contribution in [2.24, 2.45) is 17.8 Å². The zero-order chi connectivity index (χ0) is 12.5. The Bertz CT molecular complexity index is 184. The van der Waals surface area contributed by atoms with E-state index in [1.807, 2.05) is 11.8 Å². The summed E-state index contributed by atoms with van der Waals surface area (Å²) in [6.45, 7) is 3.57. The van der Waals surface area contributed by atoms with E-state index in [4.69, 9.17) is 0 Å². The average molecular weight is 257 g/mol. The molecule has 102 valence electrons. The van der Waals surface area contributed by atoms with Gasteiger partial charge in [0.05, 0.1) is 0 Å². The van der Waals surface area contributed by atoms with Crippen molar-refractivity contribution in [3.63, 3.8) is 0 Å². The van der Waals surface area contributed by atoms with Crippen molar-refractivity contribution >= 4 is 11.8 Å². The molecule has 0 aromatic heterocycles. The summed E-state index contributed by atoms with van der Waals surface area (Å²) in [5, 5.41) is 3.40. The predicted octanol–water partition coefficient (Wildman–Crippen LogP) is 4.18. The van der Waals surface area contributed by atoms with Gasteiger partial charge in [-0.15, -0.1) is 0 Å². The van der Waals surface area contributed by atoms with E-state index in [0.29, 0.717) is 0 Å². The van der Waals surface area contributed by atoms with Gasteiger partial charge in [0.1, 0.15) is 0 Å². The van der Waals surface area contributed by atoms with E-state index in [1.54, 1.807) is 0 Å². The minimum atomic E-state index is 0.954. The second kappa shape index (κ2) is 9.27. The monoisotopic (exact) mass is 257 g/mol. The molecule has 17 heavy (non-hydrogen) atoms. The quantitative estimate of drug-likeness (QED) is 0.655. The lowest BCUT2D eigenvalue weighted by atomic mass is 9.71. The van der Waals surface area contributed by atoms with Crippen LogP contribution >= 0.6 is 11.8 Å². The smallest absolute Gasteiger partial charge is 0.00209 e. The first-order chi connectivity index (χ1) is 8.31. The molecule has 0 aliphatic heterocycles. The Kier molecular flexibility index (Phi) is 8.38. The molecule has 1 nitrogen and oxygen atoms in total. The number of thioether (sulfide) groups is 1. The van der Waals surface area contributed by atoms with Crippen LogP contribution in [0.25, 0.3) is 0 Å². The molecule has 1 N–H and O–H groups in total. The van der Waals surface area contributed by atoms with Crippen molar-refractivity contribution in [1.29, 1.82) is 0 Å². The van der Waals surface area contributed by atoms with Crippen molar-refractivity contribution in [1.82, 2.24) is 5.32 Å². The first-order valence-electron chi connectivity index (χ1n) is 7.45. The van der Waals surface area contributed by atoms with E-state index in [1.165, 1.54) is 57.2 Å². The maximum absolute atomic E-state index is 3.40. The molecule has 3 atom stereocenters. The minimum absolute atomic E-state index is 0.954. The van der Waals surface area contributed by atoms with Crippen molar-refractivity contribution in [3.05, 3.63) is 0 Å².